The predicted molar refractivity (Wildman–Crippen MR) is 43.2 cm³/mol. The molecule has 0 aliphatic heterocycles. The first-order chi connectivity index (χ1) is 4.50. The number of aromatic nitrogens is 2. The lowest BCUT2D eigenvalue weighted by Crippen LogP contribution is -2.30. The maximum absolute atomic E-state index is 5.63. The number of rotatable bonds is 1. The van der Waals surface area contributed by atoms with Gasteiger partial charge in [-0.25, -0.2) is 0 Å². The molecular weight excluding hydrogens is 168 g/mol. The molecule has 0 fully saturated rings. The van der Waals surface area contributed by atoms with Crippen LogP contribution in [0.15, 0.2) is 4.52 Å². The van der Waals surface area contributed by atoms with Crippen LogP contribution in [0, 0.1) is 0 Å². The third-order valence-corrected chi connectivity index (χ3v) is 1.02. The van der Waals surface area contributed by atoms with Crippen LogP contribution in [0.4, 0.5) is 6.01 Å². The summed E-state index contributed by atoms with van der Waals surface area (Å²) >= 11 is 0. The van der Waals surface area contributed by atoms with Crippen molar-refractivity contribution in [3.05, 3.63) is 5.82 Å². The van der Waals surface area contributed by atoms with E-state index < -0.39 is 5.54 Å². The highest BCUT2D eigenvalue weighted by atomic mass is 35.5. The van der Waals surface area contributed by atoms with Gasteiger partial charge in [0.25, 0.3) is 0 Å². The van der Waals surface area contributed by atoms with E-state index in [2.05, 4.69) is 14.7 Å². The normalized spacial score (nSPS) is 10.8. The number of hydrogen-bond donors (Lipinski definition) is 2. The summed E-state index contributed by atoms with van der Waals surface area (Å²) in [4.78, 5) is 3.76. The van der Waals surface area contributed by atoms with Crippen molar-refractivity contribution in [3.8, 4) is 0 Å². The van der Waals surface area contributed by atoms with Gasteiger partial charge in [-0.15, -0.1) is 12.4 Å². The zero-order chi connectivity index (χ0) is 7.78. The molecule has 0 saturated carbocycles. The van der Waals surface area contributed by atoms with E-state index in [1.165, 1.54) is 0 Å². The van der Waals surface area contributed by atoms with Crippen molar-refractivity contribution in [2.45, 2.75) is 19.4 Å². The van der Waals surface area contributed by atoms with E-state index in [0.29, 0.717) is 5.82 Å². The number of halogens is 1. The molecule has 1 rings (SSSR count). The van der Waals surface area contributed by atoms with Gasteiger partial charge in [-0.1, -0.05) is 5.16 Å². The fraction of sp³-hybridized carbons (Fsp3) is 0.600. The highest BCUT2D eigenvalue weighted by molar-refractivity contribution is 5.85. The lowest BCUT2D eigenvalue weighted by atomic mass is 10.1. The van der Waals surface area contributed by atoms with Crippen LogP contribution < -0.4 is 11.5 Å². The molecule has 0 atom stereocenters. The van der Waals surface area contributed by atoms with Crippen molar-refractivity contribution in [2.75, 3.05) is 5.73 Å². The number of nitrogens with two attached hydrogens (primary N) is 2. The van der Waals surface area contributed by atoms with Crippen molar-refractivity contribution in [2.24, 2.45) is 5.73 Å². The molecule has 1 aromatic rings. The van der Waals surface area contributed by atoms with Crippen molar-refractivity contribution in [3.63, 3.8) is 0 Å². The molecule has 6 heteroatoms. The van der Waals surface area contributed by atoms with E-state index in [0.717, 1.165) is 0 Å². The van der Waals surface area contributed by atoms with E-state index in [4.69, 9.17) is 11.5 Å². The van der Waals surface area contributed by atoms with Crippen LogP contribution in [0.3, 0.4) is 0 Å². The molecule has 11 heavy (non-hydrogen) atoms. The first kappa shape index (κ1) is 10.2. The molecule has 0 radical (unpaired) electrons. The molecule has 0 aliphatic rings. The smallest absolute Gasteiger partial charge is 0.318 e. The van der Waals surface area contributed by atoms with Crippen LogP contribution in [-0.4, -0.2) is 10.1 Å². The highest BCUT2D eigenvalue weighted by Crippen LogP contribution is 2.12. The summed E-state index contributed by atoms with van der Waals surface area (Å²) in [6.07, 6.45) is 0. The first-order valence-electron chi connectivity index (χ1n) is 2.88. The average Bonchev–Trinajstić information content (AvgIpc) is 2.11. The van der Waals surface area contributed by atoms with Gasteiger partial charge < -0.3 is 16.0 Å². The summed E-state index contributed by atoms with van der Waals surface area (Å²) in [5.74, 6) is 0.421. The van der Waals surface area contributed by atoms with Gasteiger partial charge in [-0.05, 0) is 13.8 Å². The number of hydrogen-bond acceptors (Lipinski definition) is 5. The molecule has 0 aliphatic carbocycles. The summed E-state index contributed by atoms with van der Waals surface area (Å²) in [6, 6.07) is 0.0496. The Morgan fingerprint density at radius 3 is 2.18 bits per heavy atom. The Morgan fingerprint density at radius 2 is 2.00 bits per heavy atom. The second-order valence-corrected chi connectivity index (χ2v) is 2.68. The van der Waals surface area contributed by atoms with Gasteiger partial charge in [-0.3, -0.25) is 0 Å². The third-order valence-electron chi connectivity index (χ3n) is 1.02. The topological polar surface area (TPSA) is 91.0 Å². The van der Waals surface area contributed by atoms with E-state index in [-0.39, 0.29) is 18.4 Å². The molecular formula is C5H11ClN4O. The fourth-order valence-corrected chi connectivity index (χ4v) is 0.497. The first-order valence-corrected chi connectivity index (χ1v) is 2.88. The van der Waals surface area contributed by atoms with Gasteiger partial charge in [-0.2, -0.15) is 4.98 Å². The van der Waals surface area contributed by atoms with Crippen LogP contribution in [0.1, 0.15) is 19.7 Å². The minimum absolute atomic E-state index is 0. The van der Waals surface area contributed by atoms with Gasteiger partial charge in [0.15, 0.2) is 5.82 Å². The second-order valence-electron chi connectivity index (χ2n) is 2.68. The molecule has 0 amide bonds. The summed E-state index contributed by atoms with van der Waals surface area (Å²) < 4.78 is 4.53. The number of anilines is 1. The van der Waals surface area contributed by atoms with Crippen LogP contribution >= 0.6 is 12.4 Å². The summed E-state index contributed by atoms with van der Waals surface area (Å²) in [6.45, 7) is 3.55. The maximum Gasteiger partial charge on any atom is 0.318 e. The molecule has 64 valence electrons. The van der Waals surface area contributed by atoms with Crippen LogP contribution in [0.25, 0.3) is 0 Å². The SMILES string of the molecule is CC(C)(N)c1noc(N)n1.Cl. The van der Waals surface area contributed by atoms with Crippen LogP contribution in [0.5, 0.6) is 0 Å². The summed E-state index contributed by atoms with van der Waals surface area (Å²) in [5, 5.41) is 3.55. The third kappa shape index (κ3) is 2.36. The maximum atomic E-state index is 5.63. The summed E-state index contributed by atoms with van der Waals surface area (Å²) in [5.41, 5.74) is 10.2. The van der Waals surface area contributed by atoms with Crippen molar-refractivity contribution in [1.29, 1.82) is 0 Å². The molecule has 1 heterocycles. The Hall–Kier alpha value is -0.810. The van der Waals surface area contributed by atoms with E-state index in [9.17, 15) is 0 Å². The molecule has 0 aromatic carbocycles. The molecule has 0 spiro atoms. The Bertz CT molecular complexity index is 229. The molecule has 0 bridgehead atoms. The Morgan fingerprint density at radius 1 is 1.45 bits per heavy atom. The number of nitrogen functional groups attached to an aromatic ring is 1. The fourth-order valence-electron chi connectivity index (χ4n) is 0.497. The quantitative estimate of drug-likeness (QED) is 0.644. The highest BCUT2D eigenvalue weighted by Gasteiger charge is 2.20. The van der Waals surface area contributed by atoms with Gasteiger partial charge in [0.2, 0.25) is 0 Å². The average molecular weight is 179 g/mol. The second kappa shape index (κ2) is 3.06. The lowest BCUT2D eigenvalue weighted by molar-refractivity contribution is 0.400. The van der Waals surface area contributed by atoms with Crippen LogP contribution in [0.2, 0.25) is 0 Å². The van der Waals surface area contributed by atoms with E-state index >= 15 is 0 Å². The Kier molecular flexibility index (Phi) is 2.84. The standard InChI is InChI=1S/C5H10N4O.ClH/c1-5(2,7)3-8-4(6)10-9-3;/h7H2,1-2H3,(H2,6,8,9);1H. The van der Waals surface area contributed by atoms with Gasteiger partial charge in [0.1, 0.15) is 0 Å². The van der Waals surface area contributed by atoms with Gasteiger partial charge in [0, 0.05) is 0 Å². The monoisotopic (exact) mass is 178 g/mol. The molecule has 5 nitrogen and oxygen atoms in total. The molecule has 0 unspecified atom stereocenters. The van der Waals surface area contributed by atoms with E-state index in [1.54, 1.807) is 13.8 Å². The molecule has 0 saturated heterocycles. The van der Waals surface area contributed by atoms with E-state index in [1.807, 2.05) is 0 Å². The van der Waals surface area contributed by atoms with Crippen molar-refractivity contribution in [1.82, 2.24) is 10.1 Å². The Balaban J connectivity index is 0.000001000. The minimum Gasteiger partial charge on any atom is -0.351 e. The van der Waals surface area contributed by atoms with Crippen LogP contribution in [-0.2, 0) is 5.54 Å². The zero-order valence-electron chi connectivity index (χ0n) is 6.37. The minimum atomic E-state index is -0.582. The van der Waals surface area contributed by atoms with Crippen molar-refractivity contribution >= 4 is 18.4 Å². The number of nitrogens with zero attached hydrogens (tertiary/aromatic N) is 2. The largest absolute Gasteiger partial charge is 0.351 e. The predicted octanol–water partition coefficient (Wildman–Crippen LogP) is 0.267. The van der Waals surface area contributed by atoms with Gasteiger partial charge in [0.05, 0.1) is 5.54 Å². The summed E-state index contributed by atoms with van der Waals surface area (Å²) in [7, 11) is 0. The zero-order valence-corrected chi connectivity index (χ0v) is 7.18. The van der Waals surface area contributed by atoms with Gasteiger partial charge >= 0.3 is 6.01 Å². The van der Waals surface area contributed by atoms with Crippen molar-refractivity contribution < 1.29 is 4.52 Å². The molecule has 1 aromatic heterocycles. The Labute approximate surface area is 70.5 Å². The lowest BCUT2D eigenvalue weighted by Gasteiger charge is -2.10. The molecule has 4 N–H and O–H groups in total.